The lowest BCUT2D eigenvalue weighted by Gasteiger charge is -2.12. The molecule has 0 aliphatic heterocycles. The van der Waals surface area contributed by atoms with Gasteiger partial charge in [-0.2, -0.15) is 5.26 Å². The maximum Gasteiger partial charge on any atom is 0.323 e. The van der Waals surface area contributed by atoms with Crippen molar-refractivity contribution in [2.75, 3.05) is 16.0 Å². The molecule has 0 aliphatic rings. The topological polar surface area (TPSA) is 116 Å². The zero-order chi connectivity index (χ0) is 24.6. The Bertz CT molecular complexity index is 1400. The number of rotatable bonds is 6. The second-order valence-corrected chi connectivity index (χ2v) is 7.52. The molecule has 4 aromatic rings. The Hall–Kier alpha value is -5.16. The highest BCUT2D eigenvalue weighted by Gasteiger charge is 2.11. The first kappa shape index (κ1) is 23.0. The van der Waals surface area contributed by atoms with Crippen LogP contribution in [0.5, 0.6) is 11.6 Å². The average Bonchev–Trinajstić information content (AvgIpc) is 2.87. The highest BCUT2D eigenvalue weighted by molar-refractivity contribution is 6.05. The number of pyridine rings is 1. The number of aryl methyl sites for hydroxylation is 1. The van der Waals surface area contributed by atoms with Crippen LogP contribution in [0.2, 0.25) is 0 Å². The summed E-state index contributed by atoms with van der Waals surface area (Å²) in [7, 11) is 0. The van der Waals surface area contributed by atoms with Gasteiger partial charge in [-0.3, -0.25) is 4.79 Å². The van der Waals surface area contributed by atoms with Crippen LogP contribution in [0.1, 0.15) is 21.5 Å². The van der Waals surface area contributed by atoms with E-state index < -0.39 is 0 Å². The van der Waals surface area contributed by atoms with E-state index in [2.05, 4.69) is 20.9 Å². The number of nitrogens with one attached hydrogen (secondary N) is 3. The number of benzene rings is 3. The SMILES string of the molecule is Cc1cc(Oc2ncccc2C#N)ccc1NC(=O)c1ccc(NC(=O)Nc2ccccc2)cc1. The van der Waals surface area contributed by atoms with Gasteiger partial charge in [-0.15, -0.1) is 0 Å². The molecule has 0 aliphatic carbocycles. The van der Waals surface area contributed by atoms with Crippen molar-refractivity contribution in [3.05, 3.63) is 108 Å². The van der Waals surface area contributed by atoms with Gasteiger partial charge >= 0.3 is 6.03 Å². The molecule has 3 aromatic carbocycles. The number of nitrogens with zero attached hydrogens (tertiary/aromatic N) is 2. The van der Waals surface area contributed by atoms with Gasteiger partial charge in [0.15, 0.2) is 0 Å². The van der Waals surface area contributed by atoms with E-state index in [-0.39, 0.29) is 17.8 Å². The van der Waals surface area contributed by atoms with Crippen LogP contribution in [-0.4, -0.2) is 16.9 Å². The van der Waals surface area contributed by atoms with Crippen molar-refractivity contribution in [1.29, 1.82) is 5.26 Å². The van der Waals surface area contributed by atoms with Crippen LogP contribution in [-0.2, 0) is 0 Å². The number of urea groups is 1. The molecule has 0 radical (unpaired) electrons. The Morgan fingerprint density at radius 3 is 2.26 bits per heavy atom. The van der Waals surface area contributed by atoms with E-state index in [1.165, 1.54) is 0 Å². The number of carbonyl (C=O) groups is 2. The van der Waals surface area contributed by atoms with E-state index in [1.807, 2.05) is 31.2 Å². The molecule has 0 unspecified atom stereocenters. The van der Waals surface area contributed by atoms with Gasteiger partial charge in [0.2, 0.25) is 5.88 Å². The predicted molar refractivity (Wildman–Crippen MR) is 134 cm³/mol. The second-order valence-electron chi connectivity index (χ2n) is 7.52. The van der Waals surface area contributed by atoms with Gasteiger partial charge in [-0.1, -0.05) is 18.2 Å². The molecule has 0 spiro atoms. The minimum Gasteiger partial charge on any atom is -0.438 e. The Balaban J connectivity index is 1.37. The number of hydrogen-bond acceptors (Lipinski definition) is 5. The molecular formula is C27H21N5O3. The van der Waals surface area contributed by atoms with Gasteiger partial charge in [0.25, 0.3) is 5.91 Å². The maximum atomic E-state index is 12.7. The summed E-state index contributed by atoms with van der Waals surface area (Å²) in [5, 5.41) is 17.5. The molecule has 172 valence electrons. The predicted octanol–water partition coefficient (Wildman–Crippen LogP) is 5.95. The van der Waals surface area contributed by atoms with E-state index in [4.69, 9.17) is 4.74 Å². The summed E-state index contributed by atoms with van der Waals surface area (Å²) >= 11 is 0. The average molecular weight is 463 g/mol. The van der Waals surface area contributed by atoms with E-state index >= 15 is 0 Å². The van der Waals surface area contributed by atoms with Crippen LogP contribution in [0.3, 0.4) is 0 Å². The Morgan fingerprint density at radius 1 is 0.857 bits per heavy atom. The lowest BCUT2D eigenvalue weighted by Crippen LogP contribution is -2.19. The fraction of sp³-hybridized carbons (Fsp3) is 0.0370. The third-order valence-electron chi connectivity index (χ3n) is 4.99. The normalized spacial score (nSPS) is 10.1. The number of hydrogen-bond donors (Lipinski definition) is 3. The van der Waals surface area contributed by atoms with E-state index in [0.29, 0.717) is 33.9 Å². The summed E-state index contributed by atoms with van der Waals surface area (Å²) in [5.74, 6) is 0.427. The van der Waals surface area contributed by atoms with Crippen LogP contribution >= 0.6 is 0 Å². The third kappa shape index (κ3) is 6.00. The first-order valence-corrected chi connectivity index (χ1v) is 10.7. The van der Waals surface area contributed by atoms with Crippen molar-refractivity contribution in [1.82, 2.24) is 4.98 Å². The van der Waals surface area contributed by atoms with Gasteiger partial charge in [0, 0.05) is 28.8 Å². The molecule has 0 saturated heterocycles. The summed E-state index contributed by atoms with van der Waals surface area (Å²) in [5.41, 5.74) is 3.40. The van der Waals surface area contributed by atoms with Crippen molar-refractivity contribution < 1.29 is 14.3 Å². The molecule has 1 aromatic heterocycles. The fourth-order valence-electron chi connectivity index (χ4n) is 3.22. The van der Waals surface area contributed by atoms with Crippen molar-refractivity contribution in [3.63, 3.8) is 0 Å². The first-order chi connectivity index (χ1) is 17.0. The number of aromatic nitrogens is 1. The largest absolute Gasteiger partial charge is 0.438 e. The van der Waals surface area contributed by atoms with Crippen LogP contribution in [0.4, 0.5) is 21.9 Å². The van der Waals surface area contributed by atoms with E-state index in [9.17, 15) is 14.9 Å². The van der Waals surface area contributed by atoms with Gasteiger partial charge in [0.1, 0.15) is 17.4 Å². The highest BCUT2D eigenvalue weighted by Crippen LogP contribution is 2.27. The molecule has 3 N–H and O–H groups in total. The molecule has 8 heteroatoms. The summed E-state index contributed by atoms with van der Waals surface area (Å²) in [4.78, 5) is 28.9. The molecule has 0 bridgehead atoms. The third-order valence-corrected chi connectivity index (χ3v) is 4.99. The summed E-state index contributed by atoms with van der Waals surface area (Å²) in [6, 6.07) is 25.8. The van der Waals surface area contributed by atoms with Crippen molar-refractivity contribution >= 4 is 29.0 Å². The molecule has 8 nitrogen and oxygen atoms in total. The lowest BCUT2D eigenvalue weighted by molar-refractivity contribution is 0.102. The summed E-state index contributed by atoms with van der Waals surface area (Å²) < 4.78 is 5.72. The smallest absolute Gasteiger partial charge is 0.323 e. The number of anilines is 3. The molecule has 0 saturated carbocycles. The van der Waals surface area contributed by atoms with Crippen LogP contribution in [0.25, 0.3) is 0 Å². The van der Waals surface area contributed by atoms with Crippen LogP contribution < -0.4 is 20.7 Å². The van der Waals surface area contributed by atoms with Crippen LogP contribution in [0, 0.1) is 18.3 Å². The van der Waals surface area contributed by atoms with E-state index in [0.717, 1.165) is 5.56 Å². The van der Waals surface area contributed by atoms with Gasteiger partial charge < -0.3 is 20.7 Å². The van der Waals surface area contributed by atoms with Gasteiger partial charge in [-0.25, -0.2) is 9.78 Å². The molecule has 3 amide bonds. The van der Waals surface area contributed by atoms with Gasteiger partial charge in [-0.05, 0) is 79.2 Å². The zero-order valence-electron chi connectivity index (χ0n) is 18.8. The highest BCUT2D eigenvalue weighted by atomic mass is 16.5. The van der Waals surface area contributed by atoms with Crippen molar-refractivity contribution in [2.45, 2.75) is 6.92 Å². The zero-order valence-corrected chi connectivity index (χ0v) is 18.8. The van der Waals surface area contributed by atoms with Crippen LogP contribution in [0.15, 0.2) is 91.1 Å². The molecular weight excluding hydrogens is 442 g/mol. The standard InChI is InChI=1S/C27H21N5O3/c1-18-16-23(35-26-20(17-28)6-5-15-29-26)13-14-24(18)32-25(33)19-9-11-22(12-10-19)31-27(34)30-21-7-3-2-4-8-21/h2-16H,1H3,(H,32,33)(H2,30,31,34). The Morgan fingerprint density at radius 2 is 1.57 bits per heavy atom. The quantitative estimate of drug-likeness (QED) is 0.327. The number of amides is 3. The van der Waals surface area contributed by atoms with Gasteiger partial charge in [0.05, 0.1) is 0 Å². The first-order valence-electron chi connectivity index (χ1n) is 10.7. The molecule has 35 heavy (non-hydrogen) atoms. The lowest BCUT2D eigenvalue weighted by atomic mass is 10.1. The Kier molecular flexibility index (Phi) is 6.99. The van der Waals surface area contributed by atoms with Crippen molar-refractivity contribution in [2.24, 2.45) is 0 Å². The number of carbonyl (C=O) groups excluding carboxylic acids is 2. The Labute approximate surface area is 202 Å². The minimum absolute atomic E-state index is 0.220. The summed E-state index contributed by atoms with van der Waals surface area (Å²) in [6.07, 6.45) is 1.55. The fourth-order valence-corrected chi connectivity index (χ4v) is 3.22. The monoisotopic (exact) mass is 463 g/mol. The maximum absolute atomic E-state index is 12.7. The van der Waals surface area contributed by atoms with Crippen molar-refractivity contribution in [3.8, 4) is 17.7 Å². The minimum atomic E-state index is -0.376. The summed E-state index contributed by atoms with van der Waals surface area (Å²) in [6.45, 7) is 1.84. The van der Waals surface area contributed by atoms with E-state index in [1.54, 1.807) is 72.9 Å². The molecule has 0 atom stereocenters. The molecule has 4 rings (SSSR count). The second kappa shape index (κ2) is 10.6. The number of para-hydroxylation sites is 1. The number of nitriles is 1. The molecule has 1 heterocycles. The molecule has 0 fully saturated rings. The number of ether oxygens (including phenoxy) is 1.